The summed E-state index contributed by atoms with van der Waals surface area (Å²) in [4.78, 5) is 2.51. The fourth-order valence-electron chi connectivity index (χ4n) is 2.78. The molecule has 0 spiro atoms. The minimum absolute atomic E-state index is 0.311. The molecule has 0 aliphatic carbocycles. The van der Waals surface area contributed by atoms with Gasteiger partial charge in [0.15, 0.2) is 0 Å². The largest absolute Gasteiger partial charge is 0.388 e. The second-order valence-corrected chi connectivity index (χ2v) is 5.42. The second kappa shape index (κ2) is 6.91. The topological polar surface area (TPSA) is 23.5 Å². The van der Waals surface area contributed by atoms with Gasteiger partial charge in [-0.2, -0.15) is 0 Å². The Labute approximate surface area is 111 Å². The molecule has 0 amide bonds. The molecule has 1 N–H and O–H groups in total. The number of aliphatic hydroxyl groups is 1. The van der Waals surface area contributed by atoms with Crippen LogP contribution in [-0.2, 0) is 0 Å². The highest BCUT2D eigenvalue weighted by Crippen LogP contribution is 2.21. The van der Waals surface area contributed by atoms with Gasteiger partial charge in [0.1, 0.15) is 0 Å². The third kappa shape index (κ3) is 3.82. The van der Waals surface area contributed by atoms with E-state index in [0.29, 0.717) is 0 Å². The maximum Gasteiger partial charge on any atom is 0.0804 e. The predicted octanol–water partition coefficient (Wildman–Crippen LogP) is 3.29. The fourth-order valence-corrected chi connectivity index (χ4v) is 2.78. The molecule has 1 fully saturated rings. The normalized spacial score (nSPS) is 19.4. The molecule has 2 heteroatoms. The van der Waals surface area contributed by atoms with E-state index in [-0.39, 0.29) is 6.10 Å². The number of aryl methyl sites for hydroxylation is 1. The molecular formula is C16H25NO. The first-order valence-electron chi connectivity index (χ1n) is 7.23. The Balaban J connectivity index is 1.84. The smallest absolute Gasteiger partial charge is 0.0804 e. The monoisotopic (exact) mass is 247 g/mol. The van der Waals surface area contributed by atoms with Gasteiger partial charge in [-0.05, 0) is 50.4 Å². The van der Waals surface area contributed by atoms with E-state index >= 15 is 0 Å². The molecule has 2 nitrogen and oxygen atoms in total. The molecule has 1 unspecified atom stereocenters. The third-order valence-electron chi connectivity index (χ3n) is 3.96. The van der Waals surface area contributed by atoms with Crippen molar-refractivity contribution in [1.82, 2.24) is 4.90 Å². The average molecular weight is 247 g/mol. The Morgan fingerprint density at radius 2 is 1.78 bits per heavy atom. The van der Waals surface area contributed by atoms with Crippen LogP contribution in [0.2, 0.25) is 0 Å². The summed E-state index contributed by atoms with van der Waals surface area (Å²) in [5, 5.41) is 10.3. The first kappa shape index (κ1) is 13.6. The van der Waals surface area contributed by atoms with Crippen molar-refractivity contribution in [2.75, 3.05) is 19.6 Å². The SMILES string of the molecule is Cc1ccccc1C(O)CCN1CCCCCC1. The lowest BCUT2D eigenvalue weighted by molar-refractivity contribution is 0.142. The highest BCUT2D eigenvalue weighted by Gasteiger charge is 2.13. The molecule has 18 heavy (non-hydrogen) atoms. The Morgan fingerprint density at radius 3 is 2.44 bits per heavy atom. The lowest BCUT2D eigenvalue weighted by atomic mass is 10.0. The zero-order chi connectivity index (χ0) is 12.8. The van der Waals surface area contributed by atoms with E-state index in [1.807, 2.05) is 18.2 Å². The molecule has 0 bridgehead atoms. The van der Waals surface area contributed by atoms with Crippen molar-refractivity contribution >= 4 is 0 Å². The van der Waals surface area contributed by atoms with Crippen molar-refractivity contribution < 1.29 is 5.11 Å². The van der Waals surface area contributed by atoms with Crippen LogP contribution in [0.25, 0.3) is 0 Å². The van der Waals surface area contributed by atoms with Crippen molar-refractivity contribution in [2.24, 2.45) is 0 Å². The second-order valence-electron chi connectivity index (χ2n) is 5.42. The average Bonchev–Trinajstić information content (AvgIpc) is 2.65. The summed E-state index contributed by atoms with van der Waals surface area (Å²) in [6, 6.07) is 8.16. The number of nitrogens with zero attached hydrogens (tertiary/aromatic N) is 1. The Morgan fingerprint density at radius 1 is 1.11 bits per heavy atom. The number of likely N-dealkylation sites (tertiary alicyclic amines) is 1. The molecule has 0 saturated carbocycles. The Hall–Kier alpha value is -0.860. The van der Waals surface area contributed by atoms with Gasteiger partial charge in [-0.3, -0.25) is 0 Å². The summed E-state index contributed by atoms with van der Waals surface area (Å²) in [6.45, 7) is 5.51. The van der Waals surface area contributed by atoms with E-state index < -0.39 is 0 Å². The molecule has 1 atom stereocenters. The molecule has 1 aromatic rings. The van der Waals surface area contributed by atoms with Gasteiger partial charge in [-0.15, -0.1) is 0 Å². The molecule has 0 radical (unpaired) electrons. The summed E-state index contributed by atoms with van der Waals surface area (Å²) in [6.07, 6.45) is 5.92. The van der Waals surface area contributed by atoms with Crippen LogP contribution in [0.4, 0.5) is 0 Å². The maximum absolute atomic E-state index is 10.3. The molecular weight excluding hydrogens is 222 g/mol. The maximum atomic E-state index is 10.3. The molecule has 1 heterocycles. The van der Waals surface area contributed by atoms with Gasteiger partial charge >= 0.3 is 0 Å². The first-order chi connectivity index (χ1) is 8.77. The van der Waals surface area contributed by atoms with Crippen LogP contribution in [0.5, 0.6) is 0 Å². The molecule has 100 valence electrons. The minimum atomic E-state index is -0.311. The van der Waals surface area contributed by atoms with E-state index in [0.717, 1.165) is 18.5 Å². The van der Waals surface area contributed by atoms with E-state index in [4.69, 9.17) is 0 Å². The van der Waals surface area contributed by atoms with Crippen LogP contribution in [0.15, 0.2) is 24.3 Å². The predicted molar refractivity (Wildman–Crippen MR) is 75.7 cm³/mol. The van der Waals surface area contributed by atoms with Gasteiger partial charge in [0.25, 0.3) is 0 Å². The first-order valence-corrected chi connectivity index (χ1v) is 7.23. The highest BCUT2D eigenvalue weighted by atomic mass is 16.3. The van der Waals surface area contributed by atoms with Gasteiger partial charge in [0.05, 0.1) is 6.10 Å². The third-order valence-corrected chi connectivity index (χ3v) is 3.96. The van der Waals surface area contributed by atoms with Crippen LogP contribution in [0.3, 0.4) is 0 Å². The summed E-state index contributed by atoms with van der Waals surface area (Å²) in [5.41, 5.74) is 2.29. The highest BCUT2D eigenvalue weighted by molar-refractivity contribution is 5.27. The van der Waals surface area contributed by atoms with Gasteiger partial charge in [0, 0.05) is 6.54 Å². The van der Waals surface area contributed by atoms with Crippen LogP contribution in [0, 0.1) is 6.92 Å². The van der Waals surface area contributed by atoms with E-state index in [1.54, 1.807) is 0 Å². The van der Waals surface area contributed by atoms with E-state index in [9.17, 15) is 5.11 Å². The molecule has 2 rings (SSSR count). The lowest BCUT2D eigenvalue weighted by Gasteiger charge is -2.22. The number of rotatable bonds is 4. The van der Waals surface area contributed by atoms with Crippen LogP contribution in [0.1, 0.15) is 49.3 Å². The number of hydrogen-bond acceptors (Lipinski definition) is 2. The lowest BCUT2D eigenvalue weighted by Crippen LogP contribution is -2.27. The van der Waals surface area contributed by atoms with Gasteiger partial charge in [-0.25, -0.2) is 0 Å². The van der Waals surface area contributed by atoms with Gasteiger partial charge in [-0.1, -0.05) is 37.1 Å². The van der Waals surface area contributed by atoms with E-state index in [1.165, 1.54) is 44.3 Å². The van der Waals surface area contributed by atoms with Crippen molar-refractivity contribution in [3.05, 3.63) is 35.4 Å². The Bertz CT molecular complexity index is 356. The Kier molecular flexibility index (Phi) is 5.21. The van der Waals surface area contributed by atoms with Crippen LogP contribution in [-0.4, -0.2) is 29.6 Å². The standard InChI is InChI=1S/C16H25NO/c1-14-8-4-5-9-15(14)16(18)10-13-17-11-6-2-3-7-12-17/h4-5,8-9,16,18H,2-3,6-7,10-13H2,1H3. The van der Waals surface area contributed by atoms with Crippen molar-refractivity contribution in [1.29, 1.82) is 0 Å². The minimum Gasteiger partial charge on any atom is -0.388 e. The molecule has 1 saturated heterocycles. The van der Waals surface area contributed by atoms with Crippen molar-refractivity contribution in [3.8, 4) is 0 Å². The number of hydrogen-bond donors (Lipinski definition) is 1. The summed E-state index contributed by atoms with van der Waals surface area (Å²) in [7, 11) is 0. The van der Waals surface area contributed by atoms with Crippen molar-refractivity contribution in [2.45, 2.75) is 45.1 Å². The van der Waals surface area contributed by atoms with Gasteiger partial charge < -0.3 is 10.0 Å². The zero-order valence-corrected chi connectivity index (χ0v) is 11.4. The molecule has 0 aromatic heterocycles. The quantitative estimate of drug-likeness (QED) is 0.882. The molecule has 1 aliphatic heterocycles. The van der Waals surface area contributed by atoms with Crippen molar-refractivity contribution in [3.63, 3.8) is 0 Å². The van der Waals surface area contributed by atoms with Crippen LogP contribution < -0.4 is 0 Å². The molecule has 1 aliphatic rings. The number of aliphatic hydroxyl groups excluding tert-OH is 1. The summed E-state index contributed by atoms with van der Waals surface area (Å²) >= 11 is 0. The molecule has 1 aromatic carbocycles. The summed E-state index contributed by atoms with van der Waals surface area (Å²) < 4.78 is 0. The van der Waals surface area contributed by atoms with Crippen LogP contribution >= 0.6 is 0 Å². The zero-order valence-electron chi connectivity index (χ0n) is 11.4. The fraction of sp³-hybridized carbons (Fsp3) is 0.625. The van der Waals surface area contributed by atoms with E-state index in [2.05, 4.69) is 17.9 Å². The number of benzene rings is 1. The van der Waals surface area contributed by atoms with Gasteiger partial charge in [0.2, 0.25) is 0 Å². The summed E-state index contributed by atoms with van der Waals surface area (Å²) in [5.74, 6) is 0.